The molecule has 0 radical (unpaired) electrons. The van der Waals surface area contributed by atoms with Gasteiger partial charge in [0, 0.05) is 29.9 Å². The number of methoxy groups -OCH3 is 1. The van der Waals surface area contributed by atoms with E-state index >= 15 is 0 Å². The molecule has 0 aliphatic carbocycles. The Bertz CT molecular complexity index is 805. The summed E-state index contributed by atoms with van der Waals surface area (Å²) in [6.45, 7) is 0.407. The molecule has 4 nitrogen and oxygen atoms in total. The zero-order valence-corrected chi connectivity index (χ0v) is 14.6. The van der Waals surface area contributed by atoms with Gasteiger partial charge in [0.25, 0.3) is 0 Å². The molecule has 2 aromatic carbocycles. The van der Waals surface area contributed by atoms with Crippen LogP contribution in [0.1, 0.15) is 12.0 Å². The van der Waals surface area contributed by atoms with E-state index in [4.69, 9.17) is 16.3 Å². The lowest BCUT2D eigenvalue weighted by atomic mass is 10.1. The van der Waals surface area contributed by atoms with Crippen LogP contribution in [0.4, 0.5) is 30.2 Å². The largest absolute Gasteiger partial charge is 0.494 e. The lowest BCUT2D eigenvalue weighted by molar-refractivity contribution is -0.137. The van der Waals surface area contributed by atoms with Crippen LogP contribution in [0.2, 0.25) is 0 Å². The molecule has 138 valence electrons. The first-order chi connectivity index (χ1) is 12.4. The van der Waals surface area contributed by atoms with Crippen molar-refractivity contribution in [3.63, 3.8) is 0 Å². The minimum absolute atomic E-state index is 0.285. The van der Waals surface area contributed by atoms with Gasteiger partial charge in [0.05, 0.1) is 12.7 Å². The van der Waals surface area contributed by atoms with Gasteiger partial charge in [-0.2, -0.15) is 18.2 Å². The van der Waals surface area contributed by atoms with Gasteiger partial charge in [0.15, 0.2) is 0 Å². The van der Waals surface area contributed by atoms with Crippen molar-refractivity contribution < 1.29 is 22.7 Å². The third kappa shape index (κ3) is 4.77. The topological polar surface area (TPSA) is 41.9 Å². The SMILES string of the molecule is COc1cc(N(CCCCl)c2cccc(C(F)(F)F)c2)ccc1N=C=O. The van der Waals surface area contributed by atoms with Crippen LogP contribution in [0.25, 0.3) is 0 Å². The Hall–Kier alpha value is -2.50. The standard InChI is InChI=1S/C18H16ClF3N2O2/c1-26-17-11-15(6-7-16(17)23-12-25)24(9-3-8-19)14-5-2-4-13(10-14)18(20,21)22/h2,4-7,10-11H,3,8-9H2,1H3. The zero-order chi connectivity index (χ0) is 19.2. The normalized spacial score (nSPS) is 11.0. The molecule has 0 N–H and O–H groups in total. The molecule has 0 amide bonds. The van der Waals surface area contributed by atoms with Crippen molar-refractivity contribution in [1.29, 1.82) is 0 Å². The monoisotopic (exact) mass is 384 g/mol. The number of hydrogen-bond donors (Lipinski definition) is 0. The van der Waals surface area contributed by atoms with Gasteiger partial charge in [0.2, 0.25) is 6.08 Å². The number of alkyl halides is 4. The molecule has 0 unspecified atom stereocenters. The first-order valence-electron chi connectivity index (χ1n) is 7.67. The smallest absolute Gasteiger partial charge is 0.416 e. The molecule has 0 aromatic heterocycles. The van der Waals surface area contributed by atoms with Crippen LogP contribution in [0, 0.1) is 0 Å². The van der Waals surface area contributed by atoms with Gasteiger partial charge in [-0.05, 0) is 36.8 Å². The maximum atomic E-state index is 13.0. The van der Waals surface area contributed by atoms with E-state index in [0.29, 0.717) is 36.0 Å². The van der Waals surface area contributed by atoms with Crippen LogP contribution < -0.4 is 9.64 Å². The van der Waals surface area contributed by atoms with Crippen molar-refractivity contribution in [3.05, 3.63) is 48.0 Å². The summed E-state index contributed by atoms with van der Waals surface area (Å²) in [5, 5.41) is 0. The summed E-state index contributed by atoms with van der Waals surface area (Å²) in [4.78, 5) is 15.7. The fraction of sp³-hybridized carbons (Fsp3) is 0.278. The van der Waals surface area contributed by atoms with Gasteiger partial charge in [-0.3, -0.25) is 0 Å². The minimum Gasteiger partial charge on any atom is -0.494 e. The van der Waals surface area contributed by atoms with Crippen LogP contribution in [0.15, 0.2) is 47.5 Å². The Balaban J connectivity index is 2.50. The summed E-state index contributed by atoms with van der Waals surface area (Å²) in [6, 6.07) is 9.84. The third-order valence-corrected chi connectivity index (χ3v) is 3.91. The molecule has 8 heteroatoms. The Morgan fingerprint density at radius 2 is 1.92 bits per heavy atom. The second kappa shape index (κ2) is 8.74. The van der Waals surface area contributed by atoms with E-state index < -0.39 is 11.7 Å². The number of halogens is 4. The van der Waals surface area contributed by atoms with E-state index in [1.807, 2.05) is 0 Å². The average molecular weight is 385 g/mol. The first-order valence-corrected chi connectivity index (χ1v) is 8.21. The van der Waals surface area contributed by atoms with E-state index in [9.17, 15) is 18.0 Å². The Labute approximate surface area is 153 Å². The van der Waals surface area contributed by atoms with Crippen molar-refractivity contribution in [1.82, 2.24) is 0 Å². The highest BCUT2D eigenvalue weighted by Gasteiger charge is 2.31. The molecule has 0 heterocycles. The molecule has 0 saturated heterocycles. The van der Waals surface area contributed by atoms with Gasteiger partial charge in [0.1, 0.15) is 11.4 Å². The first kappa shape index (κ1) is 19.8. The van der Waals surface area contributed by atoms with E-state index in [-0.39, 0.29) is 5.69 Å². The number of aliphatic imine (C=N–C) groups is 1. The van der Waals surface area contributed by atoms with Crippen LogP contribution in [0.5, 0.6) is 5.75 Å². The van der Waals surface area contributed by atoms with Crippen molar-refractivity contribution in [2.75, 3.05) is 24.4 Å². The number of carbonyl (C=O) groups excluding carboxylic acids is 1. The van der Waals surface area contributed by atoms with Crippen molar-refractivity contribution in [2.45, 2.75) is 12.6 Å². The maximum absolute atomic E-state index is 13.0. The molecule has 0 fully saturated rings. The number of ether oxygens (including phenoxy) is 1. The molecular formula is C18H16ClF3N2O2. The summed E-state index contributed by atoms with van der Waals surface area (Å²) in [5.74, 6) is 0.675. The van der Waals surface area contributed by atoms with Crippen LogP contribution in [-0.2, 0) is 11.0 Å². The summed E-state index contributed by atoms with van der Waals surface area (Å²) < 4.78 is 44.3. The molecule has 0 aliphatic rings. The summed E-state index contributed by atoms with van der Waals surface area (Å²) >= 11 is 5.76. The minimum atomic E-state index is -4.44. The van der Waals surface area contributed by atoms with Crippen molar-refractivity contribution in [2.24, 2.45) is 4.99 Å². The second-order valence-electron chi connectivity index (χ2n) is 5.30. The Morgan fingerprint density at radius 1 is 1.19 bits per heavy atom. The molecular weight excluding hydrogens is 369 g/mol. The highest BCUT2D eigenvalue weighted by atomic mass is 35.5. The molecule has 0 atom stereocenters. The molecule has 0 spiro atoms. The number of hydrogen-bond acceptors (Lipinski definition) is 4. The predicted octanol–water partition coefficient (Wildman–Crippen LogP) is 5.45. The number of rotatable bonds is 7. The fourth-order valence-electron chi connectivity index (χ4n) is 2.45. The molecule has 0 saturated carbocycles. The summed E-state index contributed by atoms with van der Waals surface area (Å²) in [7, 11) is 1.41. The number of isocyanates is 1. The highest BCUT2D eigenvalue weighted by molar-refractivity contribution is 6.17. The lowest BCUT2D eigenvalue weighted by Crippen LogP contribution is -2.19. The fourth-order valence-corrected chi connectivity index (χ4v) is 2.57. The number of benzene rings is 2. The molecule has 2 aromatic rings. The number of anilines is 2. The molecule has 0 bridgehead atoms. The van der Waals surface area contributed by atoms with Gasteiger partial charge >= 0.3 is 6.18 Å². The van der Waals surface area contributed by atoms with Gasteiger partial charge in [-0.15, -0.1) is 11.6 Å². The van der Waals surface area contributed by atoms with Crippen LogP contribution in [0.3, 0.4) is 0 Å². The van der Waals surface area contributed by atoms with Gasteiger partial charge in [-0.25, -0.2) is 4.79 Å². The quantitative estimate of drug-likeness (QED) is 0.362. The summed E-state index contributed by atoms with van der Waals surface area (Å²) in [5.41, 5.74) is 0.516. The van der Waals surface area contributed by atoms with Crippen LogP contribution in [-0.4, -0.2) is 25.6 Å². The molecule has 0 aliphatic heterocycles. The maximum Gasteiger partial charge on any atom is 0.416 e. The van der Waals surface area contributed by atoms with Gasteiger partial charge < -0.3 is 9.64 Å². The lowest BCUT2D eigenvalue weighted by Gasteiger charge is -2.26. The van der Waals surface area contributed by atoms with Crippen molar-refractivity contribution in [3.8, 4) is 5.75 Å². The molecule has 26 heavy (non-hydrogen) atoms. The predicted molar refractivity (Wildman–Crippen MR) is 94.6 cm³/mol. The zero-order valence-electron chi connectivity index (χ0n) is 13.9. The van der Waals surface area contributed by atoms with Crippen molar-refractivity contribution >= 4 is 34.7 Å². The Kier molecular flexibility index (Phi) is 6.66. The summed E-state index contributed by atoms with van der Waals surface area (Å²) in [6.07, 6.45) is -2.44. The Morgan fingerprint density at radius 3 is 2.54 bits per heavy atom. The van der Waals surface area contributed by atoms with E-state index in [0.717, 1.165) is 12.1 Å². The second-order valence-corrected chi connectivity index (χ2v) is 5.68. The van der Waals surface area contributed by atoms with E-state index in [2.05, 4.69) is 4.99 Å². The van der Waals surface area contributed by atoms with E-state index in [1.54, 1.807) is 29.2 Å². The van der Waals surface area contributed by atoms with Gasteiger partial charge in [-0.1, -0.05) is 6.07 Å². The molecule has 2 rings (SSSR count). The van der Waals surface area contributed by atoms with E-state index in [1.165, 1.54) is 19.3 Å². The third-order valence-electron chi connectivity index (χ3n) is 3.64. The highest BCUT2D eigenvalue weighted by Crippen LogP contribution is 2.37. The van der Waals surface area contributed by atoms with Crippen LogP contribution >= 0.6 is 11.6 Å². The number of nitrogens with zero attached hydrogens (tertiary/aromatic N) is 2. The average Bonchev–Trinajstić information content (AvgIpc) is 2.62.